The van der Waals surface area contributed by atoms with E-state index in [1.807, 2.05) is 0 Å². The van der Waals surface area contributed by atoms with Gasteiger partial charge in [0.05, 0.1) is 7.11 Å². The predicted molar refractivity (Wildman–Crippen MR) is 116 cm³/mol. The Morgan fingerprint density at radius 1 is 0.812 bits per heavy atom. The Morgan fingerprint density at radius 3 is 1.66 bits per heavy atom. The minimum Gasteiger partial charge on any atom is -0.497 e. The number of carbonyl (C=O) groups is 2. The van der Waals surface area contributed by atoms with Crippen LogP contribution in [0.3, 0.4) is 0 Å². The number of methoxy groups -OCH3 is 1. The van der Waals surface area contributed by atoms with Crippen molar-refractivity contribution in [3.63, 3.8) is 0 Å². The highest BCUT2D eigenvalue weighted by Crippen LogP contribution is 2.14. The lowest BCUT2D eigenvalue weighted by atomic mass is 10.2. The Bertz CT molecular complexity index is 1080. The van der Waals surface area contributed by atoms with Crippen molar-refractivity contribution in [1.82, 2.24) is 25.8 Å². The predicted octanol–water partition coefficient (Wildman–Crippen LogP) is -0.0192. The van der Waals surface area contributed by atoms with Crippen LogP contribution >= 0.6 is 0 Å². The highest BCUT2D eigenvalue weighted by atomic mass is 16.5. The third-order valence-electron chi connectivity index (χ3n) is 3.91. The number of pyridine rings is 3. The minimum atomic E-state index is -0.715. The van der Waals surface area contributed by atoms with Gasteiger partial charge in [0.15, 0.2) is 11.7 Å². The number of hydrogen-bond acceptors (Lipinski definition) is 8. The van der Waals surface area contributed by atoms with Crippen LogP contribution in [-0.2, 0) is 0 Å². The highest BCUT2D eigenvalue weighted by molar-refractivity contribution is 6.00. The van der Waals surface area contributed by atoms with Gasteiger partial charge in [-0.05, 0) is 24.3 Å². The monoisotopic (exact) mass is 433 g/mol. The lowest BCUT2D eigenvalue weighted by Gasteiger charge is -2.07. The van der Waals surface area contributed by atoms with E-state index in [1.165, 1.54) is 31.6 Å². The van der Waals surface area contributed by atoms with Gasteiger partial charge in [-0.1, -0.05) is 12.1 Å². The summed E-state index contributed by atoms with van der Waals surface area (Å²) in [6.07, 6.45) is 3.08. The van der Waals surface area contributed by atoms with E-state index in [9.17, 15) is 9.59 Å². The fourth-order valence-corrected chi connectivity index (χ4v) is 2.34. The molecule has 0 aliphatic rings. The molecule has 0 spiro atoms. The van der Waals surface area contributed by atoms with Crippen LogP contribution in [0.1, 0.15) is 32.4 Å². The number of amides is 2. The molecule has 162 valence electrons. The Balaban J connectivity index is 1.76. The van der Waals surface area contributed by atoms with Crippen molar-refractivity contribution >= 4 is 23.5 Å². The summed E-state index contributed by atoms with van der Waals surface area (Å²) in [7, 11) is 1.38. The van der Waals surface area contributed by atoms with Gasteiger partial charge < -0.3 is 16.2 Å². The highest BCUT2D eigenvalue weighted by Gasteiger charge is 2.16. The first-order chi connectivity index (χ1) is 15.5. The number of ether oxygens (including phenoxy) is 1. The van der Waals surface area contributed by atoms with Gasteiger partial charge in [-0.3, -0.25) is 19.6 Å². The SMILES string of the molecule is COc1cc(C(=O)N/N=C(\N)c2ccccn2)nc(C(=O)N/N=C(\N)c2ccccn2)c1. The van der Waals surface area contributed by atoms with E-state index in [4.69, 9.17) is 16.2 Å². The number of nitrogens with one attached hydrogen (secondary N) is 2. The molecule has 0 saturated heterocycles. The summed E-state index contributed by atoms with van der Waals surface area (Å²) in [5.41, 5.74) is 16.6. The molecule has 0 bridgehead atoms. The van der Waals surface area contributed by atoms with Crippen LogP contribution < -0.4 is 27.1 Å². The second-order valence-electron chi connectivity index (χ2n) is 6.08. The quantitative estimate of drug-likeness (QED) is 0.228. The summed E-state index contributed by atoms with van der Waals surface area (Å²) in [6, 6.07) is 12.8. The van der Waals surface area contributed by atoms with Crippen LogP contribution in [0.5, 0.6) is 5.75 Å². The maximum Gasteiger partial charge on any atom is 0.290 e. The summed E-state index contributed by atoms with van der Waals surface area (Å²) >= 11 is 0. The van der Waals surface area contributed by atoms with Crippen LogP contribution in [0, 0.1) is 0 Å². The van der Waals surface area contributed by atoms with E-state index in [0.29, 0.717) is 11.4 Å². The number of hydrogen-bond donors (Lipinski definition) is 4. The fourth-order valence-electron chi connectivity index (χ4n) is 2.34. The fraction of sp³-hybridized carbons (Fsp3) is 0.0500. The van der Waals surface area contributed by atoms with E-state index < -0.39 is 11.8 Å². The van der Waals surface area contributed by atoms with E-state index in [1.54, 1.807) is 36.4 Å². The van der Waals surface area contributed by atoms with Gasteiger partial charge in [0.25, 0.3) is 11.8 Å². The van der Waals surface area contributed by atoms with Gasteiger partial charge in [-0.25, -0.2) is 15.8 Å². The Kier molecular flexibility index (Phi) is 6.99. The lowest BCUT2D eigenvalue weighted by molar-refractivity contribution is 0.0944. The molecule has 0 unspecified atom stereocenters. The number of carbonyl (C=O) groups excluding carboxylic acids is 2. The van der Waals surface area contributed by atoms with Gasteiger partial charge >= 0.3 is 0 Å². The summed E-state index contributed by atoms with van der Waals surface area (Å²) in [4.78, 5) is 37.0. The zero-order chi connectivity index (χ0) is 22.9. The second kappa shape index (κ2) is 10.2. The maximum atomic E-state index is 12.5. The zero-order valence-electron chi connectivity index (χ0n) is 16.9. The molecule has 0 aliphatic heterocycles. The molecule has 3 aromatic rings. The summed E-state index contributed by atoms with van der Waals surface area (Å²) < 4.78 is 5.14. The Labute approximate surface area is 182 Å². The molecule has 0 atom stereocenters. The van der Waals surface area contributed by atoms with Crippen LogP contribution in [0.25, 0.3) is 0 Å². The average molecular weight is 433 g/mol. The molecule has 6 N–H and O–H groups in total. The van der Waals surface area contributed by atoms with Crippen molar-refractivity contribution in [3.05, 3.63) is 83.7 Å². The first kappa shape index (κ1) is 21.8. The van der Waals surface area contributed by atoms with E-state index >= 15 is 0 Å². The van der Waals surface area contributed by atoms with Crippen molar-refractivity contribution in [3.8, 4) is 5.75 Å². The molecule has 0 aromatic carbocycles. The molecule has 12 heteroatoms. The summed E-state index contributed by atoms with van der Waals surface area (Å²) in [6.45, 7) is 0. The molecule has 2 amide bonds. The molecule has 0 saturated carbocycles. The Morgan fingerprint density at radius 2 is 1.28 bits per heavy atom. The van der Waals surface area contributed by atoms with E-state index in [2.05, 4.69) is 36.0 Å². The lowest BCUT2D eigenvalue weighted by Crippen LogP contribution is -2.27. The molecule has 3 heterocycles. The number of aromatic nitrogens is 3. The normalized spacial score (nSPS) is 11.5. The molecule has 0 radical (unpaired) electrons. The average Bonchev–Trinajstić information content (AvgIpc) is 2.86. The smallest absolute Gasteiger partial charge is 0.290 e. The summed E-state index contributed by atoms with van der Waals surface area (Å²) in [5, 5.41) is 7.60. The van der Waals surface area contributed by atoms with Gasteiger partial charge in [-0.15, -0.1) is 0 Å². The van der Waals surface area contributed by atoms with Gasteiger partial charge in [0.1, 0.15) is 28.5 Å². The number of rotatable bonds is 7. The van der Waals surface area contributed by atoms with Crippen LogP contribution in [0.15, 0.2) is 71.1 Å². The van der Waals surface area contributed by atoms with Crippen molar-refractivity contribution < 1.29 is 14.3 Å². The summed E-state index contributed by atoms with van der Waals surface area (Å²) in [5.74, 6) is -1.21. The third kappa shape index (κ3) is 5.60. The minimum absolute atomic E-state index is 0.000790. The topological polar surface area (TPSA) is 183 Å². The maximum absolute atomic E-state index is 12.5. The van der Waals surface area contributed by atoms with E-state index in [0.717, 1.165) is 0 Å². The molecule has 0 fully saturated rings. The van der Waals surface area contributed by atoms with Crippen molar-refractivity contribution in [2.45, 2.75) is 0 Å². The molecule has 32 heavy (non-hydrogen) atoms. The first-order valence-electron chi connectivity index (χ1n) is 9.14. The van der Waals surface area contributed by atoms with Gasteiger partial charge in [-0.2, -0.15) is 10.2 Å². The van der Waals surface area contributed by atoms with Gasteiger partial charge in [0, 0.05) is 24.5 Å². The Hall–Kier alpha value is -4.87. The van der Waals surface area contributed by atoms with Crippen LogP contribution in [0.2, 0.25) is 0 Å². The zero-order valence-corrected chi connectivity index (χ0v) is 16.9. The van der Waals surface area contributed by atoms with Crippen molar-refractivity contribution in [2.24, 2.45) is 21.7 Å². The number of amidine groups is 2. The van der Waals surface area contributed by atoms with Crippen LogP contribution in [0.4, 0.5) is 0 Å². The van der Waals surface area contributed by atoms with Crippen molar-refractivity contribution in [1.29, 1.82) is 0 Å². The molecular weight excluding hydrogens is 414 g/mol. The number of nitrogens with zero attached hydrogens (tertiary/aromatic N) is 5. The molecule has 12 nitrogen and oxygen atoms in total. The standard InChI is InChI=1S/C20H19N9O3/c1-32-12-10-15(19(30)28-26-17(21)13-6-2-4-8-23-13)25-16(11-12)20(31)29-27-18(22)14-7-3-5-9-24-14/h2-11H,1H3,(H2,21,26)(H2,22,27)(H,28,30)(H,29,31). The van der Waals surface area contributed by atoms with Crippen LogP contribution in [-0.4, -0.2) is 45.5 Å². The number of nitrogens with two attached hydrogens (primary N) is 2. The molecule has 3 aromatic heterocycles. The number of hydrazone groups is 2. The largest absolute Gasteiger partial charge is 0.497 e. The molecule has 0 aliphatic carbocycles. The molecular formula is C20H19N9O3. The third-order valence-corrected chi connectivity index (χ3v) is 3.91. The van der Waals surface area contributed by atoms with E-state index in [-0.39, 0.29) is 28.8 Å². The second-order valence-corrected chi connectivity index (χ2v) is 6.08. The van der Waals surface area contributed by atoms with Gasteiger partial charge in [0.2, 0.25) is 0 Å². The molecule has 3 rings (SSSR count). The van der Waals surface area contributed by atoms with Crippen molar-refractivity contribution in [2.75, 3.05) is 7.11 Å². The first-order valence-corrected chi connectivity index (χ1v) is 9.14.